The molecule has 1 amide bonds. The van der Waals surface area contributed by atoms with E-state index < -0.39 is 0 Å². The van der Waals surface area contributed by atoms with Gasteiger partial charge < -0.3 is 10.1 Å². The minimum Gasteiger partial charge on any atom is -0.377 e. The maximum atomic E-state index is 11.6. The molecule has 1 heterocycles. The van der Waals surface area contributed by atoms with Crippen LogP contribution in [-0.4, -0.2) is 30.1 Å². The van der Waals surface area contributed by atoms with E-state index in [1.165, 1.54) is 6.20 Å². The Morgan fingerprint density at radius 2 is 2.38 bits per heavy atom. The highest BCUT2D eigenvalue weighted by Gasteiger charge is 2.09. The lowest BCUT2D eigenvalue weighted by Gasteiger charge is -2.09. The van der Waals surface area contributed by atoms with E-state index >= 15 is 0 Å². The Morgan fingerprint density at radius 3 is 3.00 bits per heavy atom. The predicted molar refractivity (Wildman–Crippen MR) is 62.7 cm³/mol. The van der Waals surface area contributed by atoms with Crippen LogP contribution >= 0.6 is 11.6 Å². The molecule has 1 N–H and O–H groups in total. The number of hydrogen-bond donors (Lipinski definition) is 1. The molecule has 0 saturated heterocycles. The fourth-order valence-corrected chi connectivity index (χ4v) is 1.29. The molecule has 0 fully saturated rings. The molecule has 4 nitrogen and oxygen atoms in total. The Labute approximate surface area is 100.0 Å². The van der Waals surface area contributed by atoms with Crippen LogP contribution in [0.2, 0.25) is 5.02 Å². The van der Waals surface area contributed by atoms with E-state index in [9.17, 15) is 4.79 Å². The van der Waals surface area contributed by atoms with E-state index in [-0.39, 0.29) is 12.0 Å². The van der Waals surface area contributed by atoms with Crippen LogP contribution in [0.3, 0.4) is 0 Å². The summed E-state index contributed by atoms with van der Waals surface area (Å²) in [5.74, 6) is -0.231. The second-order valence-corrected chi connectivity index (χ2v) is 3.94. The number of halogens is 1. The molecule has 0 aromatic carbocycles. The van der Waals surface area contributed by atoms with Gasteiger partial charge in [0.1, 0.15) is 0 Å². The minimum absolute atomic E-state index is 0.166. The smallest absolute Gasteiger partial charge is 0.254 e. The molecule has 0 unspecified atom stereocenters. The number of aromatic nitrogens is 1. The summed E-state index contributed by atoms with van der Waals surface area (Å²) in [6.45, 7) is 4.84. The molecule has 16 heavy (non-hydrogen) atoms. The number of pyridine rings is 1. The zero-order valence-corrected chi connectivity index (χ0v) is 10.1. The number of rotatable bonds is 5. The first-order chi connectivity index (χ1) is 7.61. The van der Waals surface area contributed by atoms with E-state index in [0.717, 1.165) is 0 Å². The van der Waals surface area contributed by atoms with Crippen LogP contribution in [-0.2, 0) is 4.74 Å². The SMILES string of the molecule is CC(C)OCCNC(=O)c1cnccc1Cl. The summed E-state index contributed by atoms with van der Waals surface area (Å²) in [4.78, 5) is 15.5. The normalized spacial score (nSPS) is 10.5. The van der Waals surface area contributed by atoms with Crippen molar-refractivity contribution in [2.75, 3.05) is 13.2 Å². The summed E-state index contributed by atoms with van der Waals surface area (Å²) in [5.41, 5.74) is 0.383. The van der Waals surface area contributed by atoms with Crippen molar-refractivity contribution in [3.63, 3.8) is 0 Å². The van der Waals surface area contributed by atoms with Crippen molar-refractivity contribution in [1.82, 2.24) is 10.3 Å². The quantitative estimate of drug-likeness (QED) is 0.803. The van der Waals surface area contributed by atoms with Crippen LogP contribution in [0.5, 0.6) is 0 Å². The zero-order valence-electron chi connectivity index (χ0n) is 9.37. The van der Waals surface area contributed by atoms with E-state index in [2.05, 4.69) is 10.3 Å². The molecule has 0 radical (unpaired) electrons. The van der Waals surface area contributed by atoms with Crippen LogP contribution in [0, 0.1) is 0 Å². The van der Waals surface area contributed by atoms with Crippen molar-refractivity contribution < 1.29 is 9.53 Å². The Hall–Kier alpha value is -1.13. The molecule has 0 aliphatic heterocycles. The van der Waals surface area contributed by atoms with Gasteiger partial charge in [0.25, 0.3) is 5.91 Å². The summed E-state index contributed by atoms with van der Waals surface area (Å²) in [6.07, 6.45) is 3.15. The maximum absolute atomic E-state index is 11.6. The predicted octanol–water partition coefficient (Wildman–Crippen LogP) is 1.89. The van der Waals surface area contributed by atoms with E-state index in [0.29, 0.717) is 23.7 Å². The summed E-state index contributed by atoms with van der Waals surface area (Å²) >= 11 is 5.85. The first-order valence-corrected chi connectivity index (χ1v) is 5.48. The van der Waals surface area contributed by atoms with Gasteiger partial charge in [0.05, 0.1) is 23.3 Å². The van der Waals surface area contributed by atoms with Gasteiger partial charge in [0.2, 0.25) is 0 Å². The number of hydrogen-bond acceptors (Lipinski definition) is 3. The van der Waals surface area contributed by atoms with Crippen molar-refractivity contribution in [1.29, 1.82) is 0 Å². The molecule has 0 atom stereocenters. The molecule has 0 aliphatic carbocycles. The summed E-state index contributed by atoms with van der Waals surface area (Å²) in [7, 11) is 0. The Bertz CT molecular complexity index is 356. The van der Waals surface area contributed by atoms with Gasteiger partial charge in [-0.15, -0.1) is 0 Å². The van der Waals surface area contributed by atoms with Crippen LogP contribution in [0.1, 0.15) is 24.2 Å². The van der Waals surface area contributed by atoms with Gasteiger partial charge in [-0.1, -0.05) is 11.6 Å². The first kappa shape index (κ1) is 12.9. The molecule has 1 aromatic heterocycles. The van der Waals surface area contributed by atoms with E-state index in [1.807, 2.05) is 13.8 Å². The lowest BCUT2D eigenvalue weighted by molar-refractivity contribution is 0.0746. The fourth-order valence-electron chi connectivity index (χ4n) is 1.10. The fraction of sp³-hybridized carbons (Fsp3) is 0.455. The Morgan fingerprint density at radius 1 is 1.62 bits per heavy atom. The van der Waals surface area contributed by atoms with Crippen LogP contribution in [0.25, 0.3) is 0 Å². The van der Waals surface area contributed by atoms with Crippen molar-refractivity contribution >= 4 is 17.5 Å². The van der Waals surface area contributed by atoms with Crippen molar-refractivity contribution in [2.24, 2.45) is 0 Å². The highest BCUT2D eigenvalue weighted by Crippen LogP contribution is 2.12. The third-order valence-electron chi connectivity index (χ3n) is 1.85. The molecular weight excluding hydrogens is 228 g/mol. The number of nitrogens with zero attached hydrogens (tertiary/aromatic N) is 1. The van der Waals surface area contributed by atoms with Gasteiger partial charge >= 0.3 is 0 Å². The average Bonchev–Trinajstić information content (AvgIpc) is 2.24. The van der Waals surface area contributed by atoms with Crippen molar-refractivity contribution in [3.8, 4) is 0 Å². The first-order valence-electron chi connectivity index (χ1n) is 5.10. The van der Waals surface area contributed by atoms with Crippen molar-refractivity contribution in [2.45, 2.75) is 20.0 Å². The number of carbonyl (C=O) groups excluding carboxylic acids is 1. The van der Waals surface area contributed by atoms with E-state index in [1.54, 1.807) is 12.3 Å². The van der Waals surface area contributed by atoms with Gasteiger partial charge in [-0.3, -0.25) is 9.78 Å². The highest BCUT2D eigenvalue weighted by atomic mass is 35.5. The molecule has 1 rings (SSSR count). The number of amides is 1. The molecule has 0 aliphatic rings. The molecule has 1 aromatic rings. The monoisotopic (exact) mass is 242 g/mol. The lowest BCUT2D eigenvalue weighted by Crippen LogP contribution is -2.28. The summed E-state index contributed by atoms with van der Waals surface area (Å²) in [5, 5.41) is 3.11. The number of ether oxygens (including phenoxy) is 1. The molecule has 0 bridgehead atoms. The lowest BCUT2D eigenvalue weighted by atomic mass is 10.2. The minimum atomic E-state index is -0.231. The molecule has 0 saturated carbocycles. The van der Waals surface area contributed by atoms with Crippen LogP contribution in [0.4, 0.5) is 0 Å². The average molecular weight is 243 g/mol. The van der Waals surface area contributed by atoms with Crippen molar-refractivity contribution in [3.05, 3.63) is 29.0 Å². The number of nitrogens with one attached hydrogen (secondary N) is 1. The van der Waals surface area contributed by atoms with Crippen LogP contribution in [0.15, 0.2) is 18.5 Å². The van der Waals surface area contributed by atoms with Gasteiger partial charge in [0.15, 0.2) is 0 Å². The third kappa shape index (κ3) is 4.16. The van der Waals surface area contributed by atoms with E-state index in [4.69, 9.17) is 16.3 Å². The van der Waals surface area contributed by atoms with Crippen LogP contribution < -0.4 is 5.32 Å². The third-order valence-corrected chi connectivity index (χ3v) is 2.18. The largest absolute Gasteiger partial charge is 0.377 e. The van der Waals surface area contributed by atoms with Gasteiger partial charge in [-0.05, 0) is 19.9 Å². The highest BCUT2D eigenvalue weighted by molar-refractivity contribution is 6.33. The number of carbonyl (C=O) groups is 1. The standard InChI is InChI=1S/C11H15ClN2O2/c1-8(2)16-6-5-14-11(15)9-7-13-4-3-10(9)12/h3-4,7-8H,5-6H2,1-2H3,(H,14,15). The Kier molecular flexibility index (Phi) is 5.22. The molecule has 88 valence electrons. The van der Waals surface area contributed by atoms with Gasteiger partial charge in [-0.2, -0.15) is 0 Å². The topological polar surface area (TPSA) is 51.2 Å². The maximum Gasteiger partial charge on any atom is 0.254 e. The second kappa shape index (κ2) is 6.45. The Balaban J connectivity index is 2.39. The zero-order chi connectivity index (χ0) is 12.0. The van der Waals surface area contributed by atoms with Gasteiger partial charge in [0, 0.05) is 18.9 Å². The summed E-state index contributed by atoms with van der Waals surface area (Å²) < 4.78 is 5.30. The summed E-state index contributed by atoms with van der Waals surface area (Å²) in [6, 6.07) is 1.58. The molecular formula is C11H15ClN2O2. The molecule has 5 heteroatoms. The second-order valence-electron chi connectivity index (χ2n) is 3.53. The molecule has 0 spiro atoms. The van der Waals surface area contributed by atoms with Gasteiger partial charge in [-0.25, -0.2) is 0 Å².